The van der Waals surface area contributed by atoms with Crippen LogP contribution in [0.2, 0.25) is 0 Å². The van der Waals surface area contributed by atoms with Crippen molar-refractivity contribution in [2.45, 2.75) is 25.5 Å². The summed E-state index contributed by atoms with van der Waals surface area (Å²) in [7, 11) is 0. The highest BCUT2D eigenvalue weighted by atomic mass is 16.5. The molecule has 36 heavy (non-hydrogen) atoms. The van der Waals surface area contributed by atoms with Gasteiger partial charge in [0.15, 0.2) is 0 Å². The van der Waals surface area contributed by atoms with Crippen molar-refractivity contribution in [2.75, 3.05) is 11.9 Å². The molecule has 0 fully saturated rings. The van der Waals surface area contributed by atoms with E-state index in [0.717, 1.165) is 11.3 Å². The first-order chi connectivity index (χ1) is 17.6. The van der Waals surface area contributed by atoms with Gasteiger partial charge >= 0.3 is 0 Å². The number of para-hydroxylation sites is 1. The van der Waals surface area contributed by atoms with Crippen molar-refractivity contribution in [1.82, 2.24) is 15.3 Å². The number of nitrogens with zero attached hydrogens (tertiary/aromatic N) is 1. The summed E-state index contributed by atoms with van der Waals surface area (Å²) in [6.45, 7) is 2.08. The standard InChI is InChI=1S/C28H28N4O4/c1-20(25-16-29-19-30-25)27(33)32-26(18-35-17-21-8-4-2-5-9-21)28(34)31-22-12-14-24(15-13-22)36-23-10-6-3-7-11-23/h2-16,19-20,26H,17-18H2,1H3,(H,29,30)(H,31,34)(H,32,33). The van der Waals surface area contributed by atoms with Crippen LogP contribution >= 0.6 is 0 Å². The Kier molecular flexibility index (Phi) is 8.45. The Labute approximate surface area is 209 Å². The Balaban J connectivity index is 1.39. The van der Waals surface area contributed by atoms with E-state index in [2.05, 4.69) is 20.6 Å². The van der Waals surface area contributed by atoms with Gasteiger partial charge in [-0.2, -0.15) is 0 Å². The van der Waals surface area contributed by atoms with Crippen LogP contribution in [-0.4, -0.2) is 34.4 Å². The molecule has 8 nitrogen and oxygen atoms in total. The largest absolute Gasteiger partial charge is 0.457 e. The molecule has 2 atom stereocenters. The molecule has 0 bridgehead atoms. The normalized spacial score (nSPS) is 12.4. The topological polar surface area (TPSA) is 105 Å². The lowest BCUT2D eigenvalue weighted by atomic mass is 10.1. The molecule has 1 heterocycles. The number of rotatable bonds is 11. The summed E-state index contributed by atoms with van der Waals surface area (Å²) in [6.07, 6.45) is 3.10. The van der Waals surface area contributed by atoms with Crippen LogP contribution in [0.5, 0.6) is 11.5 Å². The monoisotopic (exact) mass is 484 g/mol. The molecule has 0 radical (unpaired) electrons. The number of aromatic nitrogens is 2. The lowest BCUT2D eigenvalue weighted by molar-refractivity contribution is -0.128. The number of amides is 2. The first-order valence-electron chi connectivity index (χ1n) is 11.6. The molecule has 4 aromatic rings. The van der Waals surface area contributed by atoms with Crippen molar-refractivity contribution in [3.05, 3.63) is 109 Å². The smallest absolute Gasteiger partial charge is 0.249 e. The number of carbonyl (C=O) groups excluding carboxylic acids is 2. The second kappa shape index (κ2) is 12.3. The molecule has 0 saturated carbocycles. The molecule has 0 saturated heterocycles. The fourth-order valence-corrected chi connectivity index (χ4v) is 3.45. The van der Waals surface area contributed by atoms with Crippen LogP contribution in [0.3, 0.4) is 0 Å². The van der Waals surface area contributed by atoms with Gasteiger partial charge in [-0.3, -0.25) is 9.59 Å². The maximum Gasteiger partial charge on any atom is 0.249 e. The second-order valence-corrected chi connectivity index (χ2v) is 8.22. The van der Waals surface area contributed by atoms with Crippen molar-refractivity contribution in [3.63, 3.8) is 0 Å². The summed E-state index contributed by atoms with van der Waals surface area (Å²) in [5.41, 5.74) is 2.21. The Bertz CT molecular complexity index is 1230. The summed E-state index contributed by atoms with van der Waals surface area (Å²) in [6, 6.07) is 25.2. The number of carbonyl (C=O) groups is 2. The zero-order valence-corrected chi connectivity index (χ0v) is 19.9. The van der Waals surface area contributed by atoms with Crippen LogP contribution in [0.1, 0.15) is 24.1 Å². The number of imidazole rings is 1. The second-order valence-electron chi connectivity index (χ2n) is 8.22. The van der Waals surface area contributed by atoms with E-state index in [-0.39, 0.29) is 18.4 Å². The van der Waals surface area contributed by atoms with Gasteiger partial charge in [-0.25, -0.2) is 4.98 Å². The highest BCUT2D eigenvalue weighted by Crippen LogP contribution is 2.22. The van der Waals surface area contributed by atoms with Crippen molar-refractivity contribution >= 4 is 17.5 Å². The van der Waals surface area contributed by atoms with E-state index in [1.165, 1.54) is 6.33 Å². The zero-order valence-electron chi connectivity index (χ0n) is 19.9. The molecule has 4 rings (SSSR count). The number of aromatic amines is 1. The minimum absolute atomic E-state index is 0.0113. The van der Waals surface area contributed by atoms with Crippen LogP contribution in [-0.2, 0) is 20.9 Å². The van der Waals surface area contributed by atoms with Crippen molar-refractivity contribution in [3.8, 4) is 11.5 Å². The number of benzene rings is 3. The van der Waals surface area contributed by atoms with Crippen LogP contribution < -0.4 is 15.4 Å². The number of H-pyrrole nitrogens is 1. The third-order valence-electron chi connectivity index (χ3n) is 5.51. The highest BCUT2D eigenvalue weighted by molar-refractivity contribution is 5.98. The maximum absolute atomic E-state index is 13.1. The Morgan fingerprint density at radius 3 is 2.22 bits per heavy atom. The summed E-state index contributed by atoms with van der Waals surface area (Å²) in [5, 5.41) is 5.66. The van der Waals surface area contributed by atoms with Crippen LogP contribution in [0.4, 0.5) is 5.69 Å². The van der Waals surface area contributed by atoms with Gasteiger partial charge in [0.05, 0.1) is 25.5 Å². The third kappa shape index (κ3) is 7.04. The molecular weight excluding hydrogens is 456 g/mol. The Morgan fingerprint density at radius 2 is 1.56 bits per heavy atom. The number of hydrogen-bond donors (Lipinski definition) is 3. The summed E-state index contributed by atoms with van der Waals surface area (Å²) in [4.78, 5) is 32.9. The molecule has 3 aromatic carbocycles. The molecule has 3 N–H and O–H groups in total. The molecule has 0 aliphatic carbocycles. The van der Waals surface area contributed by atoms with Gasteiger partial charge in [-0.1, -0.05) is 48.5 Å². The zero-order chi connectivity index (χ0) is 25.2. The third-order valence-corrected chi connectivity index (χ3v) is 5.51. The van der Waals surface area contributed by atoms with Gasteiger partial charge in [0.2, 0.25) is 11.8 Å². The molecule has 0 spiro atoms. The first kappa shape index (κ1) is 24.7. The van der Waals surface area contributed by atoms with Gasteiger partial charge < -0.3 is 25.1 Å². The summed E-state index contributed by atoms with van der Waals surface area (Å²) < 4.78 is 11.6. The van der Waals surface area contributed by atoms with E-state index in [0.29, 0.717) is 23.7 Å². The quantitative estimate of drug-likeness (QED) is 0.288. The van der Waals surface area contributed by atoms with Gasteiger partial charge in [-0.15, -0.1) is 0 Å². The average molecular weight is 485 g/mol. The molecular formula is C28H28N4O4. The van der Waals surface area contributed by atoms with E-state index < -0.39 is 12.0 Å². The lowest BCUT2D eigenvalue weighted by Crippen LogP contribution is -2.48. The van der Waals surface area contributed by atoms with Gasteiger partial charge in [0, 0.05) is 17.6 Å². The fraction of sp³-hybridized carbons (Fsp3) is 0.179. The van der Waals surface area contributed by atoms with Gasteiger partial charge in [-0.05, 0) is 48.9 Å². The van der Waals surface area contributed by atoms with Crippen LogP contribution in [0, 0.1) is 0 Å². The number of nitrogens with one attached hydrogen (secondary N) is 3. The van der Waals surface area contributed by atoms with Gasteiger partial charge in [0.25, 0.3) is 0 Å². The molecule has 1 aromatic heterocycles. The predicted molar refractivity (Wildman–Crippen MR) is 137 cm³/mol. The Hall–Kier alpha value is -4.43. The minimum Gasteiger partial charge on any atom is -0.457 e. The van der Waals surface area contributed by atoms with Gasteiger partial charge in [0.1, 0.15) is 17.5 Å². The lowest BCUT2D eigenvalue weighted by Gasteiger charge is -2.20. The van der Waals surface area contributed by atoms with E-state index in [4.69, 9.17) is 9.47 Å². The highest BCUT2D eigenvalue weighted by Gasteiger charge is 2.25. The molecule has 2 amide bonds. The molecule has 2 unspecified atom stereocenters. The summed E-state index contributed by atoms with van der Waals surface area (Å²) >= 11 is 0. The first-order valence-corrected chi connectivity index (χ1v) is 11.6. The molecule has 0 aliphatic heterocycles. The minimum atomic E-state index is -0.896. The van der Waals surface area contributed by atoms with E-state index in [1.807, 2.05) is 60.7 Å². The molecule has 184 valence electrons. The van der Waals surface area contributed by atoms with E-state index in [9.17, 15) is 9.59 Å². The fourth-order valence-electron chi connectivity index (χ4n) is 3.45. The number of ether oxygens (including phenoxy) is 2. The average Bonchev–Trinajstić information content (AvgIpc) is 3.45. The molecule has 0 aliphatic rings. The maximum atomic E-state index is 13.1. The SMILES string of the molecule is CC(C(=O)NC(COCc1ccccc1)C(=O)Nc1ccc(Oc2ccccc2)cc1)c1cnc[nH]1. The number of hydrogen-bond acceptors (Lipinski definition) is 5. The number of anilines is 1. The van der Waals surface area contributed by atoms with E-state index in [1.54, 1.807) is 37.4 Å². The Morgan fingerprint density at radius 1 is 0.889 bits per heavy atom. The van der Waals surface area contributed by atoms with Crippen molar-refractivity contribution in [1.29, 1.82) is 0 Å². The van der Waals surface area contributed by atoms with Crippen LogP contribution in [0.15, 0.2) is 97.5 Å². The molecule has 8 heteroatoms. The van der Waals surface area contributed by atoms with Crippen LogP contribution in [0.25, 0.3) is 0 Å². The van der Waals surface area contributed by atoms with Crippen molar-refractivity contribution < 1.29 is 19.1 Å². The summed E-state index contributed by atoms with van der Waals surface area (Å²) in [5.74, 6) is 0.160. The predicted octanol–water partition coefficient (Wildman–Crippen LogP) is 4.65. The van der Waals surface area contributed by atoms with Crippen molar-refractivity contribution in [2.24, 2.45) is 0 Å². The van der Waals surface area contributed by atoms with E-state index >= 15 is 0 Å².